The molecule has 5 heteroatoms. The van der Waals surface area contributed by atoms with E-state index in [4.69, 9.17) is 10.3 Å². The van der Waals surface area contributed by atoms with Crippen LogP contribution in [0.2, 0.25) is 0 Å². The van der Waals surface area contributed by atoms with E-state index in [9.17, 15) is 0 Å². The van der Waals surface area contributed by atoms with Crippen molar-refractivity contribution in [2.75, 3.05) is 0 Å². The number of hydrogen-bond acceptors (Lipinski definition) is 5. The zero-order chi connectivity index (χ0) is 12.5. The minimum atomic E-state index is 0.389. The normalized spacial score (nSPS) is 32.0. The number of nitrogens with two attached hydrogens (primary N) is 1. The number of piperidine rings is 1. The first-order valence-electron chi connectivity index (χ1n) is 7.09. The lowest BCUT2D eigenvalue weighted by atomic mass is 9.98. The Balaban J connectivity index is 1.65. The van der Waals surface area contributed by atoms with Crippen LogP contribution in [0.5, 0.6) is 0 Å². The van der Waals surface area contributed by atoms with Gasteiger partial charge < -0.3 is 10.3 Å². The smallest absolute Gasteiger partial charge is 0.226 e. The van der Waals surface area contributed by atoms with E-state index in [1.165, 1.54) is 12.8 Å². The number of nitrogens with zero attached hydrogens (tertiary/aromatic N) is 3. The van der Waals surface area contributed by atoms with Crippen LogP contribution in [-0.4, -0.2) is 33.2 Å². The van der Waals surface area contributed by atoms with Crippen LogP contribution in [0.25, 0.3) is 0 Å². The number of aryl methyl sites for hydroxylation is 1. The quantitative estimate of drug-likeness (QED) is 0.876. The molecular weight excluding hydrogens is 228 g/mol. The SMILES string of the molecule is CCCc1nc(CN2C3CCC2CC(N)C3)no1. The van der Waals surface area contributed by atoms with Crippen LogP contribution < -0.4 is 5.73 Å². The van der Waals surface area contributed by atoms with E-state index in [1.807, 2.05) is 0 Å². The molecule has 2 unspecified atom stereocenters. The molecule has 0 aromatic carbocycles. The Hall–Kier alpha value is -0.940. The molecule has 100 valence electrons. The van der Waals surface area contributed by atoms with Crippen LogP contribution in [0.1, 0.15) is 50.7 Å². The molecule has 2 atom stereocenters. The van der Waals surface area contributed by atoms with Gasteiger partial charge >= 0.3 is 0 Å². The van der Waals surface area contributed by atoms with Crippen molar-refractivity contribution in [3.63, 3.8) is 0 Å². The molecule has 2 N–H and O–H groups in total. The van der Waals surface area contributed by atoms with Crippen LogP contribution in [0, 0.1) is 0 Å². The average Bonchev–Trinajstić information content (AvgIpc) is 2.85. The maximum atomic E-state index is 6.08. The van der Waals surface area contributed by atoms with Crippen molar-refractivity contribution in [3.05, 3.63) is 11.7 Å². The predicted octanol–water partition coefficient (Wildman–Crippen LogP) is 1.48. The van der Waals surface area contributed by atoms with Crippen LogP contribution in [0.4, 0.5) is 0 Å². The third kappa shape index (κ3) is 2.29. The summed E-state index contributed by atoms with van der Waals surface area (Å²) in [5.41, 5.74) is 6.08. The number of rotatable bonds is 4. The first kappa shape index (κ1) is 12.1. The maximum absolute atomic E-state index is 6.08. The highest BCUT2D eigenvalue weighted by atomic mass is 16.5. The second-order valence-electron chi connectivity index (χ2n) is 5.64. The molecule has 1 aromatic heterocycles. The summed E-state index contributed by atoms with van der Waals surface area (Å²) < 4.78 is 5.25. The Morgan fingerprint density at radius 3 is 2.72 bits per heavy atom. The van der Waals surface area contributed by atoms with Gasteiger partial charge in [0.05, 0.1) is 6.54 Å². The molecule has 0 radical (unpaired) electrons. The molecule has 0 aliphatic carbocycles. The van der Waals surface area contributed by atoms with Crippen molar-refractivity contribution in [1.82, 2.24) is 15.0 Å². The summed E-state index contributed by atoms with van der Waals surface area (Å²) in [6, 6.07) is 1.65. The topological polar surface area (TPSA) is 68.2 Å². The molecule has 1 aromatic rings. The minimum Gasteiger partial charge on any atom is -0.339 e. The van der Waals surface area contributed by atoms with E-state index in [2.05, 4.69) is 22.0 Å². The molecule has 3 heterocycles. The molecule has 2 aliphatic heterocycles. The average molecular weight is 250 g/mol. The molecule has 3 rings (SSSR count). The van der Waals surface area contributed by atoms with Gasteiger partial charge in [-0.2, -0.15) is 4.98 Å². The highest BCUT2D eigenvalue weighted by molar-refractivity contribution is 4.99. The molecular formula is C13H22N4O. The van der Waals surface area contributed by atoms with Gasteiger partial charge in [0, 0.05) is 24.5 Å². The molecule has 0 spiro atoms. The highest BCUT2D eigenvalue weighted by Crippen LogP contribution is 2.35. The van der Waals surface area contributed by atoms with Crippen molar-refractivity contribution >= 4 is 0 Å². The van der Waals surface area contributed by atoms with E-state index in [0.29, 0.717) is 18.1 Å². The van der Waals surface area contributed by atoms with Crippen LogP contribution in [-0.2, 0) is 13.0 Å². The highest BCUT2D eigenvalue weighted by Gasteiger charge is 2.39. The second-order valence-corrected chi connectivity index (χ2v) is 5.64. The largest absolute Gasteiger partial charge is 0.339 e. The molecule has 2 saturated heterocycles. The monoisotopic (exact) mass is 250 g/mol. The Labute approximate surface area is 108 Å². The van der Waals surface area contributed by atoms with E-state index >= 15 is 0 Å². The summed E-state index contributed by atoms with van der Waals surface area (Å²) in [5.74, 6) is 1.61. The first-order valence-corrected chi connectivity index (χ1v) is 7.09. The Bertz CT molecular complexity index is 391. The van der Waals surface area contributed by atoms with Gasteiger partial charge in [0.2, 0.25) is 5.89 Å². The fourth-order valence-electron chi connectivity index (χ4n) is 3.41. The van der Waals surface area contributed by atoms with Crippen molar-refractivity contribution < 1.29 is 4.52 Å². The van der Waals surface area contributed by atoms with Gasteiger partial charge in [0.25, 0.3) is 0 Å². The molecule has 0 saturated carbocycles. The number of hydrogen-bond donors (Lipinski definition) is 1. The molecule has 2 bridgehead atoms. The summed E-state index contributed by atoms with van der Waals surface area (Å²) in [6.07, 6.45) is 6.72. The lowest BCUT2D eigenvalue weighted by Crippen LogP contribution is -2.46. The summed E-state index contributed by atoms with van der Waals surface area (Å²) in [7, 11) is 0. The van der Waals surface area contributed by atoms with E-state index in [1.54, 1.807) is 0 Å². The third-order valence-corrected chi connectivity index (χ3v) is 4.22. The van der Waals surface area contributed by atoms with Gasteiger partial charge in [-0.25, -0.2) is 0 Å². The zero-order valence-electron chi connectivity index (χ0n) is 11.0. The molecule has 2 fully saturated rings. The van der Waals surface area contributed by atoms with Crippen molar-refractivity contribution in [1.29, 1.82) is 0 Å². The van der Waals surface area contributed by atoms with Gasteiger partial charge in [-0.3, -0.25) is 4.90 Å². The van der Waals surface area contributed by atoms with Crippen molar-refractivity contribution in [2.45, 2.75) is 70.1 Å². The minimum absolute atomic E-state index is 0.389. The van der Waals surface area contributed by atoms with Crippen LogP contribution in [0.3, 0.4) is 0 Å². The van der Waals surface area contributed by atoms with Gasteiger partial charge in [-0.1, -0.05) is 12.1 Å². The molecule has 0 amide bonds. The Morgan fingerprint density at radius 2 is 2.06 bits per heavy atom. The van der Waals surface area contributed by atoms with Crippen molar-refractivity contribution in [2.24, 2.45) is 5.73 Å². The Morgan fingerprint density at radius 1 is 1.33 bits per heavy atom. The fraction of sp³-hybridized carbons (Fsp3) is 0.846. The summed E-state index contributed by atoms with van der Waals surface area (Å²) in [5, 5.41) is 4.09. The van der Waals surface area contributed by atoms with Gasteiger partial charge in [0.1, 0.15) is 0 Å². The first-order chi connectivity index (χ1) is 8.76. The summed E-state index contributed by atoms with van der Waals surface area (Å²) >= 11 is 0. The molecule has 18 heavy (non-hydrogen) atoms. The predicted molar refractivity (Wildman–Crippen MR) is 67.9 cm³/mol. The standard InChI is InChI=1S/C13H22N4O/c1-2-3-13-15-12(16-18-13)8-17-10-4-5-11(17)7-9(14)6-10/h9-11H,2-8,14H2,1H3. The maximum Gasteiger partial charge on any atom is 0.226 e. The second kappa shape index (κ2) is 4.97. The lowest BCUT2D eigenvalue weighted by Gasteiger charge is -2.36. The lowest BCUT2D eigenvalue weighted by molar-refractivity contribution is 0.115. The summed E-state index contributed by atoms with van der Waals surface area (Å²) in [4.78, 5) is 6.99. The van der Waals surface area contributed by atoms with E-state index in [-0.39, 0.29) is 0 Å². The summed E-state index contributed by atoms with van der Waals surface area (Å²) in [6.45, 7) is 2.95. The van der Waals surface area contributed by atoms with Gasteiger partial charge in [-0.05, 0) is 32.1 Å². The van der Waals surface area contributed by atoms with E-state index in [0.717, 1.165) is 43.9 Å². The zero-order valence-corrected chi connectivity index (χ0v) is 11.0. The van der Waals surface area contributed by atoms with E-state index < -0.39 is 0 Å². The molecule has 2 aliphatic rings. The van der Waals surface area contributed by atoms with Gasteiger partial charge in [0.15, 0.2) is 5.82 Å². The number of aromatic nitrogens is 2. The van der Waals surface area contributed by atoms with Crippen LogP contribution in [0.15, 0.2) is 4.52 Å². The van der Waals surface area contributed by atoms with Gasteiger partial charge in [-0.15, -0.1) is 0 Å². The number of fused-ring (bicyclic) bond motifs is 2. The van der Waals surface area contributed by atoms with Crippen molar-refractivity contribution in [3.8, 4) is 0 Å². The fourth-order valence-corrected chi connectivity index (χ4v) is 3.41. The molecule has 5 nitrogen and oxygen atoms in total. The van der Waals surface area contributed by atoms with Crippen LogP contribution >= 0.6 is 0 Å². The Kier molecular flexibility index (Phi) is 3.35. The third-order valence-electron chi connectivity index (χ3n) is 4.22.